The van der Waals surface area contributed by atoms with Gasteiger partial charge in [0.05, 0.1) is 13.7 Å². The summed E-state index contributed by atoms with van der Waals surface area (Å²) >= 11 is 0. The summed E-state index contributed by atoms with van der Waals surface area (Å²) in [6, 6.07) is 0. The van der Waals surface area contributed by atoms with Gasteiger partial charge in [0.1, 0.15) is 6.10 Å². The zero-order valence-corrected chi connectivity index (χ0v) is 9.68. The minimum atomic E-state index is -1.20. The smallest absolute Gasteiger partial charge is 0.330 e. The fraction of sp³-hybridized carbons (Fsp3) is 0.727. The molecule has 6 nitrogen and oxygen atoms in total. The lowest BCUT2D eigenvalue weighted by Gasteiger charge is -2.30. The molecule has 0 aromatic carbocycles. The number of ether oxygens (including phenoxy) is 2. The molecule has 2 fully saturated rings. The number of nitrogens with zero attached hydrogens (tertiary/aromatic N) is 1. The van der Waals surface area contributed by atoms with E-state index in [1.165, 1.54) is 13.2 Å². The molecule has 2 rings (SSSR count). The number of hydrogen-bond acceptors (Lipinski definition) is 5. The van der Waals surface area contributed by atoms with Gasteiger partial charge in [-0.2, -0.15) is 0 Å². The first-order valence-electron chi connectivity index (χ1n) is 5.66. The molecule has 94 valence electrons. The zero-order chi connectivity index (χ0) is 12.5. The van der Waals surface area contributed by atoms with Gasteiger partial charge in [-0.3, -0.25) is 10.1 Å². The van der Waals surface area contributed by atoms with Crippen LogP contribution in [0.4, 0.5) is 0 Å². The molecular formula is C11H15NO5. The van der Waals surface area contributed by atoms with E-state index < -0.39 is 17.6 Å². The monoisotopic (exact) mass is 241 g/mol. The van der Waals surface area contributed by atoms with Crippen LogP contribution >= 0.6 is 0 Å². The number of fused-ring (bicyclic) bond motifs is 1. The van der Waals surface area contributed by atoms with Crippen molar-refractivity contribution in [2.24, 2.45) is 0 Å². The standard InChI is InChI=1S/C11H15NO5/c1-16-10(13)6-8-7-17-9-4-2-3-5-11(8,9)12(14)15/h6,9H,2-5,7H2,1H3/b8-6+/t9-,11+/m1/s1. The highest BCUT2D eigenvalue weighted by Crippen LogP contribution is 2.43. The molecule has 0 aromatic rings. The predicted molar refractivity (Wildman–Crippen MR) is 58.0 cm³/mol. The Morgan fingerprint density at radius 1 is 1.65 bits per heavy atom. The number of methoxy groups -OCH3 is 1. The van der Waals surface area contributed by atoms with E-state index in [1.807, 2.05) is 0 Å². The van der Waals surface area contributed by atoms with Gasteiger partial charge in [0.25, 0.3) is 5.54 Å². The number of nitro groups is 1. The molecule has 2 atom stereocenters. The first-order chi connectivity index (χ1) is 8.11. The largest absolute Gasteiger partial charge is 0.466 e. The van der Waals surface area contributed by atoms with E-state index in [0.717, 1.165) is 12.8 Å². The summed E-state index contributed by atoms with van der Waals surface area (Å²) in [4.78, 5) is 22.3. The molecule has 0 amide bonds. The summed E-state index contributed by atoms with van der Waals surface area (Å²) in [5, 5.41) is 11.4. The molecule has 6 heteroatoms. The molecule has 0 aromatic heterocycles. The second kappa shape index (κ2) is 4.44. The lowest BCUT2D eigenvalue weighted by Crippen LogP contribution is -2.49. The van der Waals surface area contributed by atoms with Crippen molar-refractivity contribution in [3.05, 3.63) is 21.8 Å². The van der Waals surface area contributed by atoms with E-state index >= 15 is 0 Å². The lowest BCUT2D eigenvalue weighted by atomic mass is 9.76. The molecule has 1 aliphatic carbocycles. The summed E-state index contributed by atoms with van der Waals surface area (Å²) in [5.74, 6) is -0.559. The van der Waals surface area contributed by atoms with Gasteiger partial charge in [-0.05, 0) is 12.8 Å². The van der Waals surface area contributed by atoms with Crippen molar-refractivity contribution >= 4 is 5.97 Å². The Balaban J connectivity index is 2.37. The van der Waals surface area contributed by atoms with E-state index in [0.29, 0.717) is 18.4 Å². The topological polar surface area (TPSA) is 78.7 Å². The Hall–Kier alpha value is -1.43. The second-order valence-electron chi connectivity index (χ2n) is 4.42. The molecule has 0 spiro atoms. The Morgan fingerprint density at radius 2 is 2.41 bits per heavy atom. The lowest BCUT2D eigenvalue weighted by molar-refractivity contribution is -0.568. The average Bonchev–Trinajstić information content (AvgIpc) is 2.69. The molecule has 0 N–H and O–H groups in total. The Labute approximate surface area is 98.7 Å². The predicted octanol–water partition coefficient (Wildman–Crippen LogP) is 1.07. The van der Waals surface area contributed by atoms with Gasteiger partial charge in [-0.25, -0.2) is 4.79 Å². The van der Waals surface area contributed by atoms with Gasteiger partial charge >= 0.3 is 5.97 Å². The van der Waals surface area contributed by atoms with E-state index in [9.17, 15) is 14.9 Å². The van der Waals surface area contributed by atoms with Crippen molar-refractivity contribution in [1.29, 1.82) is 0 Å². The molecule has 17 heavy (non-hydrogen) atoms. The van der Waals surface area contributed by atoms with Gasteiger partial charge in [-0.1, -0.05) is 6.42 Å². The molecule has 1 saturated carbocycles. The Morgan fingerprint density at radius 3 is 3.06 bits per heavy atom. The van der Waals surface area contributed by atoms with Crippen molar-refractivity contribution in [2.75, 3.05) is 13.7 Å². The van der Waals surface area contributed by atoms with E-state index in [-0.39, 0.29) is 11.5 Å². The minimum absolute atomic E-state index is 0.154. The Bertz CT molecular complexity index is 378. The third-order valence-electron chi connectivity index (χ3n) is 3.62. The number of carbonyl (C=O) groups excluding carboxylic acids is 1. The first kappa shape index (κ1) is 12.0. The maximum Gasteiger partial charge on any atom is 0.330 e. The maximum atomic E-state index is 11.4. The van der Waals surface area contributed by atoms with Gasteiger partial charge < -0.3 is 9.47 Å². The molecule has 0 radical (unpaired) electrons. The normalized spacial score (nSPS) is 34.4. The van der Waals surface area contributed by atoms with Crippen molar-refractivity contribution < 1.29 is 19.2 Å². The molecular weight excluding hydrogens is 226 g/mol. The van der Waals surface area contributed by atoms with Crippen LogP contribution in [0.5, 0.6) is 0 Å². The first-order valence-corrected chi connectivity index (χ1v) is 5.66. The molecule has 2 aliphatic rings. The van der Waals surface area contributed by atoms with E-state index in [2.05, 4.69) is 4.74 Å². The van der Waals surface area contributed by atoms with Gasteiger partial charge in [0.2, 0.25) is 0 Å². The highest BCUT2D eigenvalue weighted by molar-refractivity contribution is 5.83. The fourth-order valence-electron chi connectivity index (χ4n) is 2.72. The van der Waals surface area contributed by atoms with Crippen LogP contribution in [0.1, 0.15) is 25.7 Å². The fourth-order valence-corrected chi connectivity index (χ4v) is 2.72. The summed E-state index contributed by atoms with van der Waals surface area (Å²) < 4.78 is 9.98. The van der Waals surface area contributed by atoms with Crippen LogP contribution in [0.3, 0.4) is 0 Å². The van der Waals surface area contributed by atoms with Crippen molar-refractivity contribution in [3.63, 3.8) is 0 Å². The number of hydrogen-bond donors (Lipinski definition) is 0. The quantitative estimate of drug-likeness (QED) is 0.313. The highest BCUT2D eigenvalue weighted by atomic mass is 16.6. The number of rotatable bonds is 2. The minimum Gasteiger partial charge on any atom is -0.466 e. The van der Waals surface area contributed by atoms with Gasteiger partial charge in [-0.15, -0.1) is 0 Å². The van der Waals surface area contributed by atoms with Crippen LogP contribution in [0, 0.1) is 10.1 Å². The van der Waals surface area contributed by atoms with Crippen LogP contribution in [-0.2, 0) is 14.3 Å². The third kappa shape index (κ3) is 1.82. The van der Waals surface area contributed by atoms with Crippen molar-refractivity contribution in [2.45, 2.75) is 37.3 Å². The van der Waals surface area contributed by atoms with Crippen molar-refractivity contribution in [3.8, 4) is 0 Å². The molecule has 1 aliphatic heterocycles. The van der Waals surface area contributed by atoms with Crippen LogP contribution in [-0.4, -0.2) is 36.3 Å². The van der Waals surface area contributed by atoms with Gasteiger partial charge in [0, 0.05) is 23.0 Å². The highest BCUT2D eigenvalue weighted by Gasteiger charge is 2.59. The zero-order valence-electron chi connectivity index (χ0n) is 9.68. The molecule has 0 bridgehead atoms. The summed E-state index contributed by atoms with van der Waals surface area (Å²) in [7, 11) is 1.26. The van der Waals surface area contributed by atoms with Crippen LogP contribution in [0.2, 0.25) is 0 Å². The maximum absolute atomic E-state index is 11.4. The van der Waals surface area contributed by atoms with E-state index in [1.54, 1.807) is 0 Å². The van der Waals surface area contributed by atoms with Crippen molar-refractivity contribution in [1.82, 2.24) is 0 Å². The summed E-state index contributed by atoms with van der Waals surface area (Å²) in [6.07, 6.45) is 3.66. The second-order valence-corrected chi connectivity index (χ2v) is 4.42. The molecule has 1 heterocycles. The van der Waals surface area contributed by atoms with E-state index in [4.69, 9.17) is 4.74 Å². The molecule has 1 saturated heterocycles. The molecule has 0 unspecified atom stereocenters. The SMILES string of the molecule is COC(=O)/C=C1\CO[C@@H]2CCCC[C@]12[N+](=O)[O-]. The van der Waals surface area contributed by atoms with Gasteiger partial charge in [0.15, 0.2) is 0 Å². The average molecular weight is 241 g/mol. The van der Waals surface area contributed by atoms with Crippen LogP contribution in [0.15, 0.2) is 11.6 Å². The third-order valence-corrected chi connectivity index (χ3v) is 3.62. The number of esters is 1. The van der Waals surface area contributed by atoms with Crippen LogP contribution in [0.25, 0.3) is 0 Å². The summed E-state index contributed by atoms with van der Waals surface area (Å²) in [5.41, 5.74) is -0.758. The number of carbonyl (C=O) groups is 1. The Kier molecular flexibility index (Phi) is 3.15. The summed E-state index contributed by atoms with van der Waals surface area (Å²) in [6.45, 7) is 0.154. The van der Waals surface area contributed by atoms with Crippen LogP contribution < -0.4 is 0 Å².